The molecule has 4 heteroatoms. The zero-order valence-corrected chi connectivity index (χ0v) is 13.0. The summed E-state index contributed by atoms with van der Waals surface area (Å²) in [5.41, 5.74) is 3.82. The van der Waals surface area contributed by atoms with Crippen molar-refractivity contribution in [3.05, 3.63) is 81.1 Å². The van der Waals surface area contributed by atoms with E-state index in [4.69, 9.17) is 0 Å². The van der Waals surface area contributed by atoms with Gasteiger partial charge in [0.1, 0.15) is 0 Å². The standard InChI is InChI=1S/C19H17NO3/c1-12-4-3-5-14(8-12)10-15-11-20(19(22)23)17-7-6-13(2)9-16(17)18(15)21/h3-9,11H,10H2,1-2H3,(H,22,23). The van der Waals surface area contributed by atoms with Crippen LogP contribution in [-0.2, 0) is 6.42 Å². The quantitative estimate of drug-likeness (QED) is 0.784. The Labute approximate surface area is 133 Å². The van der Waals surface area contributed by atoms with Crippen molar-refractivity contribution in [2.45, 2.75) is 20.3 Å². The maximum atomic E-state index is 12.7. The Morgan fingerprint density at radius 1 is 1.09 bits per heavy atom. The van der Waals surface area contributed by atoms with Gasteiger partial charge in [-0.3, -0.25) is 9.36 Å². The van der Waals surface area contributed by atoms with E-state index in [1.807, 2.05) is 38.1 Å². The number of fused-ring (bicyclic) bond motifs is 1. The number of carbonyl (C=O) groups is 1. The molecule has 1 aromatic heterocycles. The highest BCUT2D eigenvalue weighted by Gasteiger charge is 2.13. The highest BCUT2D eigenvalue weighted by Crippen LogP contribution is 2.16. The second kappa shape index (κ2) is 5.72. The number of rotatable bonds is 2. The second-order valence-electron chi connectivity index (χ2n) is 5.82. The fourth-order valence-corrected chi connectivity index (χ4v) is 2.83. The van der Waals surface area contributed by atoms with Gasteiger partial charge in [-0.25, -0.2) is 4.79 Å². The lowest BCUT2D eigenvalue weighted by molar-refractivity contribution is 0.197. The lowest BCUT2D eigenvalue weighted by Crippen LogP contribution is -2.19. The Bertz CT molecular complexity index is 970. The van der Waals surface area contributed by atoms with Crippen molar-refractivity contribution < 1.29 is 9.90 Å². The van der Waals surface area contributed by atoms with Crippen molar-refractivity contribution in [2.75, 3.05) is 0 Å². The molecule has 0 saturated carbocycles. The van der Waals surface area contributed by atoms with E-state index in [1.54, 1.807) is 18.2 Å². The van der Waals surface area contributed by atoms with Gasteiger partial charge in [-0.2, -0.15) is 0 Å². The summed E-state index contributed by atoms with van der Waals surface area (Å²) in [5, 5.41) is 9.88. The van der Waals surface area contributed by atoms with Crippen LogP contribution in [0, 0.1) is 13.8 Å². The van der Waals surface area contributed by atoms with Crippen LogP contribution in [0.15, 0.2) is 53.5 Å². The van der Waals surface area contributed by atoms with E-state index in [1.165, 1.54) is 6.20 Å². The molecule has 0 radical (unpaired) electrons. The largest absolute Gasteiger partial charge is 0.464 e. The molecule has 1 N–H and O–H groups in total. The Hall–Kier alpha value is -2.88. The van der Waals surface area contributed by atoms with E-state index in [2.05, 4.69) is 0 Å². The first-order valence-corrected chi connectivity index (χ1v) is 7.39. The molecule has 0 aliphatic heterocycles. The van der Waals surface area contributed by atoms with Crippen molar-refractivity contribution >= 4 is 17.0 Å². The van der Waals surface area contributed by atoms with Crippen molar-refractivity contribution in [3.8, 4) is 0 Å². The van der Waals surface area contributed by atoms with Crippen LogP contribution in [0.5, 0.6) is 0 Å². The second-order valence-corrected chi connectivity index (χ2v) is 5.82. The number of nitrogens with zero attached hydrogens (tertiary/aromatic N) is 1. The van der Waals surface area contributed by atoms with Crippen LogP contribution in [0.2, 0.25) is 0 Å². The maximum Gasteiger partial charge on any atom is 0.416 e. The minimum atomic E-state index is -1.09. The fourth-order valence-electron chi connectivity index (χ4n) is 2.83. The van der Waals surface area contributed by atoms with Gasteiger partial charge in [0, 0.05) is 23.6 Å². The van der Waals surface area contributed by atoms with Crippen LogP contribution < -0.4 is 5.43 Å². The molecule has 0 saturated heterocycles. The zero-order chi connectivity index (χ0) is 16.6. The van der Waals surface area contributed by atoms with Gasteiger partial charge in [-0.15, -0.1) is 0 Å². The third-order valence-electron chi connectivity index (χ3n) is 3.92. The summed E-state index contributed by atoms with van der Waals surface area (Å²) < 4.78 is 1.13. The van der Waals surface area contributed by atoms with Crippen LogP contribution >= 0.6 is 0 Å². The Kier molecular flexibility index (Phi) is 3.74. The molecule has 116 valence electrons. The number of hydrogen-bond donors (Lipinski definition) is 1. The topological polar surface area (TPSA) is 59.3 Å². The van der Waals surface area contributed by atoms with Crippen molar-refractivity contribution in [1.29, 1.82) is 0 Å². The summed E-state index contributed by atoms with van der Waals surface area (Å²) in [5.74, 6) is 0. The molecule has 3 rings (SSSR count). The predicted molar refractivity (Wildman–Crippen MR) is 90.4 cm³/mol. The predicted octanol–water partition coefficient (Wildman–Crippen LogP) is 3.74. The number of benzene rings is 2. The Morgan fingerprint density at radius 2 is 1.83 bits per heavy atom. The lowest BCUT2D eigenvalue weighted by atomic mass is 10.0. The van der Waals surface area contributed by atoms with Crippen LogP contribution in [0.25, 0.3) is 10.9 Å². The van der Waals surface area contributed by atoms with E-state index in [0.29, 0.717) is 22.9 Å². The molecule has 2 aromatic carbocycles. The van der Waals surface area contributed by atoms with Gasteiger partial charge >= 0.3 is 6.09 Å². The zero-order valence-electron chi connectivity index (χ0n) is 13.0. The first kappa shape index (κ1) is 15.0. The normalized spacial score (nSPS) is 10.9. The monoisotopic (exact) mass is 307 g/mol. The van der Waals surface area contributed by atoms with Crippen molar-refractivity contribution in [3.63, 3.8) is 0 Å². The van der Waals surface area contributed by atoms with Gasteiger partial charge < -0.3 is 5.11 Å². The molecule has 0 unspecified atom stereocenters. The summed E-state index contributed by atoms with van der Waals surface area (Å²) in [6.07, 6.45) is 0.756. The molecule has 0 aliphatic rings. The summed E-state index contributed by atoms with van der Waals surface area (Å²) in [4.78, 5) is 24.3. The first-order valence-electron chi connectivity index (χ1n) is 7.39. The van der Waals surface area contributed by atoms with Gasteiger partial charge in [-0.05, 0) is 31.5 Å². The first-order chi connectivity index (χ1) is 11.0. The molecular formula is C19H17NO3. The SMILES string of the molecule is Cc1cccc(Cc2cn(C(=O)O)c3ccc(C)cc3c2=O)c1. The minimum Gasteiger partial charge on any atom is -0.464 e. The van der Waals surface area contributed by atoms with Crippen LogP contribution in [0.3, 0.4) is 0 Å². The average Bonchev–Trinajstić information content (AvgIpc) is 2.50. The molecule has 0 aliphatic carbocycles. The fraction of sp³-hybridized carbons (Fsp3) is 0.158. The van der Waals surface area contributed by atoms with Crippen molar-refractivity contribution in [1.82, 2.24) is 4.57 Å². The molecule has 0 amide bonds. The third kappa shape index (κ3) is 2.88. The van der Waals surface area contributed by atoms with Gasteiger partial charge in [0.05, 0.1) is 5.52 Å². The highest BCUT2D eigenvalue weighted by molar-refractivity contribution is 5.88. The Balaban J connectivity index is 2.23. The summed E-state index contributed by atoms with van der Waals surface area (Å²) >= 11 is 0. The number of carboxylic acid groups (broad SMARTS) is 1. The number of hydrogen-bond acceptors (Lipinski definition) is 2. The maximum absolute atomic E-state index is 12.7. The molecule has 4 nitrogen and oxygen atoms in total. The van der Waals surface area contributed by atoms with E-state index in [0.717, 1.165) is 21.3 Å². The highest BCUT2D eigenvalue weighted by atomic mass is 16.4. The molecule has 23 heavy (non-hydrogen) atoms. The van der Waals surface area contributed by atoms with Gasteiger partial charge in [-0.1, -0.05) is 41.5 Å². The lowest BCUT2D eigenvalue weighted by Gasteiger charge is -2.10. The van der Waals surface area contributed by atoms with Crippen LogP contribution in [-0.4, -0.2) is 15.8 Å². The number of pyridine rings is 1. The third-order valence-corrected chi connectivity index (χ3v) is 3.92. The summed E-state index contributed by atoms with van der Waals surface area (Å²) in [6.45, 7) is 3.88. The molecule has 1 heterocycles. The summed E-state index contributed by atoms with van der Waals surface area (Å²) in [6, 6.07) is 13.1. The van der Waals surface area contributed by atoms with E-state index >= 15 is 0 Å². The van der Waals surface area contributed by atoms with Crippen molar-refractivity contribution in [2.24, 2.45) is 0 Å². The molecule has 0 bridgehead atoms. The smallest absolute Gasteiger partial charge is 0.416 e. The molecule has 0 atom stereocenters. The van der Waals surface area contributed by atoms with E-state index in [-0.39, 0.29) is 5.43 Å². The average molecular weight is 307 g/mol. The van der Waals surface area contributed by atoms with Gasteiger partial charge in [0.15, 0.2) is 5.43 Å². The minimum absolute atomic E-state index is 0.109. The molecule has 0 fully saturated rings. The summed E-state index contributed by atoms with van der Waals surface area (Å²) in [7, 11) is 0. The number of aromatic nitrogens is 1. The van der Waals surface area contributed by atoms with Crippen LogP contribution in [0.1, 0.15) is 22.3 Å². The van der Waals surface area contributed by atoms with Gasteiger partial charge in [0.25, 0.3) is 0 Å². The Morgan fingerprint density at radius 3 is 2.52 bits per heavy atom. The molecular weight excluding hydrogens is 290 g/mol. The molecule has 3 aromatic rings. The van der Waals surface area contributed by atoms with Gasteiger partial charge in [0.2, 0.25) is 0 Å². The van der Waals surface area contributed by atoms with E-state index < -0.39 is 6.09 Å². The number of aryl methyl sites for hydroxylation is 2. The molecule has 0 spiro atoms. The van der Waals surface area contributed by atoms with E-state index in [9.17, 15) is 14.7 Å². The van der Waals surface area contributed by atoms with Crippen LogP contribution in [0.4, 0.5) is 4.79 Å².